The minimum absolute atomic E-state index is 0.0582. The van der Waals surface area contributed by atoms with E-state index in [1.807, 2.05) is 4.90 Å². The fourth-order valence-electron chi connectivity index (χ4n) is 1.56. The summed E-state index contributed by atoms with van der Waals surface area (Å²) in [6.45, 7) is 3.28. The van der Waals surface area contributed by atoms with E-state index in [2.05, 4.69) is 42.2 Å². The Kier molecular flexibility index (Phi) is 3.48. The number of piperazine rings is 1. The number of H-pyrrole nitrogens is 1. The van der Waals surface area contributed by atoms with Gasteiger partial charge in [-0.05, 0) is 37.9 Å². The van der Waals surface area contributed by atoms with Gasteiger partial charge in [-0.2, -0.15) is 0 Å². The van der Waals surface area contributed by atoms with Crippen LogP contribution in [0, 0.1) is 0 Å². The van der Waals surface area contributed by atoms with E-state index in [1.54, 1.807) is 6.07 Å². The summed E-state index contributed by atoms with van der Waals surface area (Å²) >= 11 is 6.67. The lowest BCUT2D eigenvalue weighted by Crippen LogP contribution is -2.46. The van der Waals surface area contributed by atoms with Gasteiger partial charge in [0.05, 0.1) is 9.08 Å². The standard InChI is InChI=1S/C9H11Br2N3O/c10-6-5-7(13-8(6)11)9(15)14-3-1-12-2-4-14/h5,12-13H,1-4H2. The molecule has 1 aliphatic rings. The highest BCUT2D eigenvalue weighted by Gasteiger charge is 2.19. The molecule has 6 heteroatoms. The van der Waals surface area contributed by atoms with Crippen LogP contribution in [0.25, 0.3) is 0 Å². The number of aromatic nitrogens is 1. The first-order valence-corrected chi connectivity index (χ1v) is 6.31. The van der Waals surface area contributed by atoms with Gasteiger partial charge in [-0.25, -0.2) is 0 Å². The summed E-state index contributed by atoms with van der Waals surface area (Å²) < 4.78 is 1.68. The first-order chi connectivity index (χ1) is 7.18. The number of carbonyl (C=O) groups excluding carboxylic acids is 1. The first-order valence-electron chi connectivity index (χ1n) is 4.72. The van der Waals surface area contributed by atoms with Crippen LogP contribution in [0.4, 0.5) is 0 Å². The molecule has 2 rings (SSSR count). The first kappa shape index (κ1) is 11.2. The molecule has 2 N–H and O–H groups in total. The van der Waals surface area contributed by atoms with Crippen LogP contribution < -0.4 is 5.32 Å². The van der Waals surface area contributed by atoms with E-state index in [0.717, 1.165) is 35.3 Å². The molecule has 0 aromatic carbocycles. The summed E-state index contributed by atoms with van der Waals surface area (Å²) in [7, 11) is 0. The number of nitrogens with zero attached hydrogens (tertiary/aromatic N) is 1. The molecule has 1 saturated heterocycles. The zero-order valence-corrected chi connectivity index (χ0v) is 11.2. The van der Waals surface area contributed by atoms with Crippen LogP contribution in [0.5, 0.6) is 0 Å². The van der Waals surface area contributed by atoms with Gasteiger partial charge in [0.1, 0.15) is 5.69 Å². The van der Waals surface area contributed by atoms with E-state index in [4.69, 9.17) is 0 Å². The molecular formula is C9H11Br2N3O. The quantitative estimate of drug-likeness (QED) is 0.818. The molecule has 1 aliphatic heterocycles. The van der Waals surface area contributed by atoms with Crippen molar-refractivity contribution in [1.29, 1.82) is 0 Å². The second kappa shape index (κ2) is 4.67. The van der Waals surface area contributed by atoms with E-state index < -0.39 is 0 Å². The van der Waals surface area contributed by atoms with Gasteiger partial charge in [-0.3, -0.25) is 4.79 Å². The van der Waals surface area contributed by atoms with E-state index in [-0.39, 0.29) is 5.91 Å². The van der Waals surface area contributed by atoms with Crippen LogP contribution in [-0.4, -0.2) is 42.0 Å². The zero-order valence-electron chi connectivity index (χ0n) is 8.02. The number of aromatic amines is 1. The Balaban J connectivity index is 2.12. The number of rotatable bonds is 1. The molecule has 0 bridgehead atoms. The van der Waals surface area contributed by atoms with Crippen LogP contribution in [0.15, 0.2) is 15.1 Å². The topological polar surface area (TPSA) is 48.1 Å². The summed E-state index contributed by atoms with van der Waals surface area (Å²) in [4.78, 5) is 16.8. The van der Waals surface area contributed by atoms with Crippen LogP contribution in [0.1, 0.15) is 10.5 Å². The Labute approximate surface area is 105 Å². The third-order valence-corrected chi connectivity index (χ3v) is 4.14. The maximum Gasteiger partial charge on any atom is 0.270 e. The summed E-state index contributed by atoms with van der Waals surface area (Å²) in [6.07, 6.45) is 0. The second-order valence-electron chi connectivity index (χ2n) is 3.39. The molecule has 1 aromatic heterocycles. The summed E-state index contributed by atoms with van der Waals surface area (Å²) in [5.41, 5.74) is 0.621. The van der Waals surface area contributed by atoms with Crippen molar-refractivity contribution < 1.29 is 4.79 Å². The van der Waals surface area contributed by atoms with Gasteiger partial charge in [0, 0.05) is 26.2 Å². The second-order valence-corrected chi connectivity index (χ2v) is 5.03. The van der Waals surface area contributed by atoms with E-state index >= 15 is 0 Å². The Morgan fingerprint density at radius 3 is 2.53 bits per heavy atom. The van der Waals surface area contributed by atoms with Gasteiger partial charge in [0.2, 0.25) is 0 Å². The molecule has 0 unspecified atom stereocenters. The molecule has 1 amide bonds. The van der Waals surface area contributed by atoms with Crippen molar-refractivity contribution in [2.75, 3.05) is 26.2 Å². The maximum atomic E-state index is 12.0. The van der Waals surface area contributed by atoms with Crippen molar-refractivity contribution >= 4 is 37.8 Å². The molecule has 15 heavy (non-hydrogen) atoms. The molecule has 4 nitrogen and oxygen atoms in total. The van der Waals surface area contributed by atoms with Crippen molar-refractivity contribution in [1.82, 2.24) is 15.2 Å². The molecule has 0 spiro atoms. The van der Waals surface area contributed by atoms with Crippen LogP contribution >= 0.6 is 31.9 Å². The smallest absolute Gasteiger partial charge is 0.270 e. The van der Waals surface area contributed by atoms with Gasteiger partial charge >= 0.3 is 0 Å². The van der Waals surface area contributed by atoms with E-state index in [9.17, 15) is 4.79 Å². The zero-order chi connectivity index (χ0) is 10.8. The lowest BCUT2D eigenvalue weighted by atomic mass is 10.3. The summed E-state index contributed by atoms with van der Waals surface area (Å²) in [6, 6.07) is 1.80. The molecule has 1 aromatic rings. The SMILES string of the molecule is O=C(c1cc(Br)c(Br)[nH]1)N1CCNCC1. The fraction of sp³-hybridized carbons (Fsp3) is 0.444. The molecule has 2 heterocycles. The highest BCUT2D eigenvalue weighted by molar-refractivity contribution is 9.13. The van der Waals surface area contributed by atoms with Gasteiger partial charge in [0.15, 0.2) is 0 Å². The maximum absolute atomic E-state index is 12.0. The number of halogens is 2. The Morgan fingerprint density at radius 1 is 1.33 bits per heavy atom. The average Bonchev–Trinajstić information content (AvgIpc) is 2.59. The Morgan fingerprint density at radius 2 is 2.00 bits per heavy atom. The molecule has 0 atom stereocenters. The number of hydrogen-bond donors (Lipinski definition) is 2. The van der Waals surface area contributed by atoms with Crippen molar-refractivity contribution in [2.45, 2.75) is 0 Å². The van der Waals surface area contributed by atoms with Crippen LogP contribution in [-0.2, 0) is 0 Å². The highest BCUT2D eigenvalue weighted by Crippen LogP contribution is 2.23. The Hall–Kier alpha value is -0.330. The van der Waals surface area contributed by atoms with Gasteiger partial charge in [-0.15, -0.1) is 0 Å². The largest absolute Gasteiger partial charge is 0.344 e. The van der Waals surface area contributed by atoms with Gasteiger partial charge in [0.25, 0.3) is 5.91 Å². The molecule has 0 saturated carbocycles. The third kappa shape index (κ3) is 2.43. The van der Waals surface area contributed by atoms with E-state index in [1.165, 1.54) is 0 Å². The van der Waals surface area contributed by atoms with Crippen molar-refractivity contribution in [2.24, 2.45) is 0 Å². The minimum atomic E-state index is 0.0582. The average molecular weight is 337 g/mol. The van der Waals surface area contributed by atoms with Gasteiger partial charge < -0.3 is 15.2 Å². The highest BCUT2D eigenvalue weighted by atomic mass is 79.9. The molecule has 82 valence electrons. The minimum Gasteiger partial charge on any atom is -0.344 e. The number of hydrogen-bond acceptors (Lipinski definition) is 2. The van der Waals surface area contributed by atoms with E-state index in [0.29, 0.717) is 5.69 Å². The van der Waals surface area contributed by atoms with Crippen LogP contribution in [0.3, 0.4) is 0 Å². The lowest BCUT2D eigenvalue weighted by molar-refractivity contribution is 0.0730. The van der Waals surface area contributed by atoms with Crippen molar-refractivity contribution in [3.8, 4) is 0 Å². The fourth-order valence-corrected chi connectivity index (χ4v) is 2.21. The normalized spacial score (nSPS) is 16.8. The number of carbonyl (C=O) groups is 1. The number of amides is 1. The third-order valence-electron chi connectivity index (χ3n) is 2.36. The predicted molar refractivity (Wildman–Crippen MR) is 65.0 cm³/mol. The number of nitrogens with one attached hydrogen (secondary N) is 2. The summed E-state index contributed by atoms with van der Waals surface area (Å²) in [5.74, 6) is 0.0582. The predicted octanol–water partition coefficient (Wildman–Crippen LogP) is 1.59. The summed E-state index contributed by atoms with van der Waals surface area (Å²) in [5, 5.41) is 3.22. The van der Waals surface area contributed by atoms with Crippen molar-refractivity contribution in [3.63, 3.8) is 0 Å². The molecular weight excluding hydrogens is 326 g/mol. The van der Waals surface area contributed by atoms with Crippen LogP contribution in [0.2, 0.25) is 0 Å². The van der Waals surface area contributed by atoms with Crippen molar-refractivity contribution in [3.05, 3.63) is 20.8 Å². The molecule has 0 aliphatic carbocycles. The van der Waals surface area contributed by atoms with Gasteiger partial charge in [-0.1, -0.05) is 0 Å². The molecule has 0 radical (unpaired) electrons. The Bertz CT molecular complexity index is 352. The lowest BCUT2D eigenvalue weighted by Gasteiger charge is -2.26. The monoisotopic (exact) mass is 335 g/mol. The molecule has 1 fully saturated rings.